The highest BCUT2D eigenvalue weighted by Gasteiger charge is 2.49. The Hall–Kier alpha value is -2.96. The summed E-state index contributed by atoms with van der Waals surface area (Å²) in [6.07, 6.45) is 9.65. The van der Waals surface area contributed by atoms with E-state index in [0.29, 0.717) is 36.9 Å². The van der Waals surface area contributed by atoms with Crippen LogP contribution in [0.15, 0.2) is 48.6 Å². The summed E-state index contributed by atoms with van der Waals surface area (Å²) in [5.74, 6) is -0.203. The predicted octanol–water partition coefficient (Wildman–Crippen LogP) is 5.38. The number of ether oxygens (including phenoxy) is 2. The number of hydrogen-bond acceptors (Lipinski definition) is 9. The number of allylic oxidation sites excluding steroid dienone is 1. The molecule has 1 saturated heterocycles. The minimum atomic E-state index is -3.97. The van der Waals surface area contributed by atoms with Gasteiger partial charge in [-0.05, 0) is 111 Å². The summed E-state index contributed by atoms with van der Waals surface area (Å²) < 4.78 is 41.3. The summed E-state index contributed by atoms with van der Waals surface area (Å²) in [6, 6.07) is 11.3. The first-order chi connectivity index (χ1) is 24.9. The zero-order chi connectivity index (χ0) is 37.1. The maximum Gasteiger partial charge on any atom is 0.264 e. The molecule has 1 saturated carbocycles. The van der Waals surface area contributed by atoms with Gasteiger partial charge in [0, 0.05) is 68.3 Å². The fraction of sp³-hybridized carbons (Fsp3) is 0.600. The van der Waals surface area contributed by atoms with Gasteiger partial charge in [0.15, 0.2) is 6.29 Å². The van der Waals surface area contributed by atoms with Crippen molar-refractivity contribution in [1.29, 1.82) is 0 Å². The van der Waals surface area contributed by atoms with Crippen LogP contribution in [0, 0.1) is 17.8 Å². The van der Waals surface area contributed by atoms with Crippen LogP contribution >= 0.6 is 11.6 Å². The van der Waals surface area contributed by atoms with Gasteiger partial charge in [-0.3, -0.25) is 9.59 Å². The van der Waals surface area contributed by atoms with Crippen LogP contribution in [0.5, 0.6) is 5.75 Å². The second-order valence-electron chi connectivity index (χ2n) is 15.4. The van der Waals surface area contributed by atoms with E-state index >= 15 is 0 Å². The van der Waals surface area contributed by atoms with E-state index in [0.717, 1.165) is 44.1 Å². The third-order valence-corrected chi connectivity index (χ3v) is 14.5. The smallest absolute Gasteiger partial charge is 0.264 e. The third-order valence-electron chi connectivity index (χ3n) is 12.4. The van der Waals surface area contributed by atoms with Crippen LogP contribution in [0.25, 0.3) is 0 Å². The number of aldehydes is 1. The van der Waals surface area contributed by atoms with Crippen molar-refractivity contribution in [2.75, 3.05) is 64.4 Å². The van der Waals surface area contributed by atoms with Gasteiger partial charge in [0.2, 0.25) is 10.0 Å². The van der Waals surface area contributed by atoms with Gasteiger partial charge in [0.05, 0.1) is 17.5 Å². The SMILES string of the molecule is CCN1CCNCC1.CO[C@]1(C=O)/C=C/C[C@H](C)[C@@H](C)S(=O)(=O)NC(=O)c2ccc3c(c2)N(C[C@@H]2CC[C@H]21)C[C@@]1(CCCc2cc(Cl)ccc21)CO3. The lowest BCUT2D eigenvalue weighted by Gasteiger charge is -2.48. The van der Waals surface area contributed by atoms with Crippen molar-refractivity contribution in [2.24, 2.45) is 17.8 Å². The first-order valence-electron chi connectivity index (χ1n) is 18.9. The number of sulfonamides is 1. The van der Waals surface area contributed by atoms with Gasteiger partial charge in [-0.2, -0.15) is 0 Å². The molecule has 2 aromatic rings. The zero-order valence-corrected chi connectivity index (χ0v) is 32.6. The fourth-order valence-electron chi connectivity index (χ4n) is 8.71. The van der Waals surface area contributed by atoms with Gasteiger partial charge in [-0.15, -0.1) is 0 Å². The second kappa shape index (κ2) is 16.2. The van der Waals surface area contributed by atoms with E-state index in [1.165, 1.54) is 43.9 Å². The summed E-state index contributed by atoms with van der Waals surface area (Å²) in [5, 5.41) is 3.18. The molecule has 7 rings (SSSR count). The number of nitrogens with zero attached hydrogens (tertiary/aromatic N) is 2. The Morgan fingerprint density at radius 3 is 2.58 bits per heavy atom. The molecule has 52 heavy (non-hydrogen) atoms. The van der Waals surface area contributed by atoms with E-state index in [2.05, 4.69) is 38.9 Å². The molecule has 5 aliphatic rings. The van der Waals surface area contributed by atoms with E-state index in [-0.39, 0.29) is 28.7 Å². The van der Waals surface area contributed by atoms with Crippen LogP contribution in [-0.2, 0) is 31.4 Å². The number of methoxy groups -OCH3 is 1. The molecule has 2 bridgehead atoms. The minimum absolute atomic E-state index is 0.0434. The predicted molar refractivity (Wildman–Crippen MR) is 206 cm³/mol. The summed E-state index contributed by atoms with van der Waals surface area (Å²) in [6.45, 7) is 13.4. The second-order valence-corrected chi connectivity index (χ2v) is 17.9. The Bertz CT molecular complexity index is 1750. The molecule has 12 heteroatoms. The van der Waals surface area contributed by atoms with E-state index in [1.807, 2.05) is 25.1 Å². The lowest BCUT2D eigenvalue weighted by molar-refractivity contribution is -0.135. The van der Waals surface area contributed by atoms with Crippen LogP contribution in [0.3, 0.4) is 0 Å². The highest BCUT2D eigenvalue weighted by Crippen LogP contribution is 2.48. The maximum absolute atomic E-state index is 13.4. The molecular weight excluding hydrogens is 700 g/mol. The van der Waals surface area contributed by atoms with Gasteiger partial charge < -0.3 is 24.6 Å². The zero-order valence-electron chi connectivity index (χ0n) is 31.0. The van der Waals surface area contributed by atoms with Crippen LogP contribution in [0.1, 0.15) is 74.4 Å². The number of aryl methyl sites for hydroxylation is 1. The lowest BCUT2D eigenvalue weighted by Crippen LogP contribution is -2.53. The quantitative estimate of drug-likeness (QED) is 0.315. The molecule has 3 aliphatic heterocycles. The summed E-state index contributed by atoms with van der Waals surface area (Å²) >= 11 is 6.40. The number of rotatable bonds is 3. The molecule has 0 unspecified atom stereocenters. The van der Waals surface area contributed by atoms with E-state index < -0.39 is 26.8 Å². The lowest BCUT2D eigenvalue weighted by atomic mass is 9.64. The molecule has 2 aliphatic carbocycles. The average Bonchev–Trinajstić information content (AvgIpc) is 3.29. The van der Waals surface area contributed by atoms with Crippen LogP contribution in [0.2, 0.25) is 5.02 Å². The molecule has 2 N–H and O–H groups in total. The Labute approximate surface area is 314 Å². The monoisotopic (exact) mass is 754 g/mol. The molecule has 284 valence electrons. The van der Waals surface area contributed by atoms with Crippen molar-refractivity contribution in [1.82, 2.24) is 14.9 Å². The number of benzene rings is 2. The number of carbonyl (C=O) groups is 2. The number of piperazine rings is 1. The van der Waals surface area contributed by atoms with Crippen molar-refractivity contribution in [2.45, 2.75) is 75.6 Å². The largest absolute Gasteiger partial charge is 0.490 e. The average molecular weight is 755 g/mol. The van der Waals surface area contributed by atoms with Crippen LogP contribution < -0.4 is 19.7 Å². The van der Waals surface area contributed by atoms with Crippen molar-refractivity contribution in [3.05, 3.63) is 70.3 Å². The number of hydrogen-bond donors (Lipinski definition) is 2. The standard InChI is InChI=1S/C34H41ClN2O6S.C6H14N2/c1-22-6-4-15-34(20-38,42-3)29-11-8-26(29)18-37-19-33(14-5-7-24-16-27(35)10-12-28(24)33)21-43-31-13-9-25(17-30(31)37)32(39)36-44(40,41)23(22)2;1-2-8-5-3-7-4-6-8/h4,9-10,12-13,15-17,20,22-23,26,29H,5-8,11,14,18-19,21H2,1-3H3,(H,36,39);7H,2-6H2,1H3/b15-4+;/t22-,23+,26-,29+,33-,34-;/m0./s1. The number of fused-ring (bicyclic) bond motifs is 4. The highest BCUT2D eigenvalue weighted by molar-refractivity contribution is 7.90. The van der Waals surface area contributed by atoms with Crippen molar-refractivity contribution in [3.8, 4) is 5.75 Å². The van der Waals surface area contributed by atoms with E-state index in [4.69, 9.17) is 21.1 Å². The van der Waals surface area contributed by atoms with Crippen LogP contribution in [0.4, 0.5) is 5.69 Å². The molecule has 6 atom stereocenters. The molecule has 2 aromatic carbocycles. The van der Waals surface area contributed by atoms with Crippen molar-refractivity contribution in [3.63, 3.8) is 0 Å². The Balaban J connectivity index is 0.000000514. The maximum atomic E-state index is 13.4. The highest BCUT2D eigenvalue weighted by atomic mass is 35.5. The topological polar surface area (TPSA) is 117 Å². The number of carbonyl (C=O) groups excluding carboxylic acids is 2. The molecule has 0 radical (unpaired) electrons. The normalized spacial score (nSPS) is 32.3. The molecule has 3 heterocycles. The number of likely N-dealkylation sites (N-methyl/N-ethyl adjacent to an activating group) is 1. The molecule has 1 spiro atoms. The fourth-order valence-corrected chi connectivity index (χ4v) is 10.2. The van der Waals surface area contributed by atoms with E-state index in [1.54, 1.807) is 32.2 Å². The summed E-state index contributed by atoms with van der Waals surface area (Å²) in [4.78, 5) is 30.8. The molecular formula is C40H55ClN4O6S. The van der Waals surface area contributed by atoms with E-state index in [9.17, 15) is 18.0 Å². The van der Waals surface area contributed by atoms with Gasteiger partial charge in [0.1, 0.15) is 11.4 Å². The van der Waals surface area contributed by atoms with Crippen molar-refractivity contribution < 1.29 is 27.5 Å². The molecule has 2 fully saturated rings. The molecule has 10 nitrogen and oxygen atoms in total. The first kappa shape index (κ1) is 38.8. The minimum Gasteiger partial charge on any atom is -0.490 e. The number of halogens is 1. The Kier molecular flexibility index (Phi) is 12.1. The van der Waals surface area contributed by atoms with Gasteiger partial charge in [0.25, 0.3) is 5.91 Å². The van der Waals surface area contributed by atoms with Gasteiger partial charge in [-0.25, -0.2) is 13.1 Å². The molecule has 0 aromatic heterocycles. The first-order valence-corrected chi connectivity index (χ1v) is 20.9. The van der Waals surface area contributed by atoms with Gasteiger partial charge >= 0.3 is 0 Å². The Morgan fingerprint density at radius 1 is 1.12 bits per heavy atom. The third kappa shape index (κ3) is 7.94. The van der Waals surface area contributed by atoms with Crippen molar-refractivity contribution >= 4 is 39.5 Å². The number of anilines is 1. The summed E-state index contributed by atoms with van der Waals surface area (Å²) in [7, 11) is -2.41. The number of amides is 1. The Morgan fingerprint density at radius 2 is 1.90 bits per heavy atom. The summed E-state index contributed by atoms with van der Waals surface area (Å²) in [5.41, 5.74) is 2.05. The number of nitrogens with one attached hydrogen (secondary N) is 2. The molecule has 1 amide bonds. The van der Waals surface area contributed by atoms with Gasteiger partial charge in [-0.1, -0.05) is 37.6 Å². The van der Waals surface area contributed by atoms with Crippen LogP contribution in [-0.4, -0.2) is 95.9 Å².